The molecule has 136 valence electrons. The van der Waals surface area contributed by atoms with E-state index in [1.165, 1.54) is 0 Å². The molecule has 2 saturated heterocycles. The second kappa shape index (κ2) is 6.76. The second-order valence-corrected chi connectivity index (χ2v) is 7.35. The Bertz CT molecular complexity index is 824. The Labute approximate surface area is 157 Å². The number of halogens is 1. The van der Waals surface area contributed by atoms with Gasteiger partial charge >= 0.3 is 6.09 Å². The van der Waals surface area contributed by atoms with Gasteiger partial charge in [0.15, 0.2) is 0 Å². The third-order valence-corrected chi connectivity index (χ3v) is 5.14. The van der Waals surface area contributed by atoms with Gasteiger partial charge in [-0.25, -0.2) is 14.8 Å². The fraction of sp³-hybridized carbons (Fsp3) is 0.421. The number of aryl methyl sites for hydroxylation is 2. The van der Waals surface area contributed by atoms with Gasteiger partial charge in [-0.05, 0) is 44.0 Å². The lowest BCUT2D eigenvalue weighted by Crippen LogP contribution is -2.39. The highest BCUT2D eigenvalue weighted by Gasteiger charge is 2.48. The molecule has 4 rings (SSSR count). The van der Waals surface area contributed by atoms with Crippen molar-refractivity contribution < 1.29 is 9.53 Å². The summed E-state index contributed by atoms with van der Waals surface area (Å²) in [7, 11) is 0. The van der Waals surface area contributed by atoms with Crippen LogP contribution in [-0.2, 0) is 11.2 Å². The topological polar surface area (TPSA) is 58.6 Å². The maximum absolute atomic E-state index is 12.3. The number of rotatable bonds is 4. The van der Waals surface area contributed by atoms with Gasteiger partial charge in [-0.3, -0.25) is 4.90 Å². The van der Waals surface area contributed by atoms with Crippen LogP contribution in [0.4, 0.5) is 10.7 Å². The summed E-state index contributed by atoms with van der Waals surface area (Å²) < 4.78 is 5.59. The summed E-state index contributed by atoms with van der Waals surface area (Å²) in [5.74, 6) is 0.711. The lowest BCUT2D eigenvalue weighted by Gasteiger charge is -2.22. The Morgan fingerprint density at radius 1 is 1.19 bits per heavy atom. The molecule has 2 aromatic rings. The van der Waals surface area contributed by atoms with Gasteiger partial charge in [-0.1, -0.05) is 23.7 Å². The van der Waals surface area contributed by atoms with Crippen molar-refractivity contribution >= 4 is 23.6 Å². The predicted octanol–water partition coefficient (Wildman–Crippen LogP) is 3.00. The number of amides is 1. The quantitative estimate of drug-likeness (QED) is 0.825. The van der Waals surface area contributed by atoms with Crippen LogP contribution < -0.4 is 4.90 Å². The number of benzene rings is 1. The van der Waals surface area contributed by atoms with E-state index in [2.05, 4.69) is 14.9 Å². The summed E-state index contributed by atoms with van der Waals surface area (Å²) in [4.78, 5) is 25.3. The van der Waals surface area contributed by atoms with Crippen LogP contribution in [0.1, 0.15) is 17.0 Å². The summed E-state index contributed by atoms with van der Waals surface area (Å²) >= 11 is 6.04. The standard InChI is InChI=1S/C19H21ClN4O2/c1-12-8-13(2)22-18(21-12)23-10-16-17(11-23)26-19(25)24(16)7-6-14-4-3-5-15(20)9-14/h3-5,8-9,16-17H,6-7,10-11H2,1-2H3/t16-,17+/m1/s1. The van der Waals surface area contributed by atoms with Crippen LogP contribution in [-0.4, -0.2) is 52.7 Å². The first-order valence-electron chi connectivity index (χ1n) is 8.78. The Morgan fingerprint density at radius 3 is 2.69 bits per heavy atom. The van der Waals surface area contributed by atoms with Gasteiger partial charge in [0.2, 0.25) is 5.95 Å². The van der Waals surface area contributed by atoms with E-state index >= 15 is 0 Å². The number of nitrogens with zero attached hydrogens (tertiary/aromatic N) is 4. The van der Waals surface area contributed by atoms with Gasteiger partial charge in [0.05, 0.1) is 12.6 Å². The summed E-state index contributed by atoms with van der Waals surface area (Å²) in [5, 5.41) is 0.711. The normalized spacial score (nSPS) is 21.9. The van der Waals surface area contributed by atoms with Crippen LogP contribution in [0.25, 0.3) is 0 Å². The number of carbonyl (C=O) groups is 1. The monoisotopic (exact) mass is 372 g/mol. The SMILES string of the molecule is Cc1cc(C)nc(N2C[C@@H]3OC(=O)N(CCc4cccc(Cl)c4)[C@@H]3C2)n1. The minimum atomic E-state index is -0.233. The van der Waals surface area contributed by atoms with Gasteiger partial charge in [0.25, 0.3) is 0 Å². The van der Waals surface area contributed by atoms with Crippen LogP contribution in [0.15, 0.2) is 30.3 Å². The van der Waals surface area contributed by atoms with Crippen LogP contribution in [0, 0.1) is 13.8 Å². The van der Waals surface area contributed by atoms with Crippen molar-refractivity contribution in [3.63, 3.8) is 0 Å². The van der Waals surface area contributed by atoms with E-state index in [-0.39, 0.29) is 18.2 Å². The molecule has 0 bridgehead atoms. The maximum Gasteiger partial charge on any atom is 0.410 e. The van der Waals surface area contributed by atoms with E-state index in [9.17, 15) is 4.79 Å². The molecule has 0 spiro atoms. The summed E-state index contributed by atoms with van der Waals surface area (Å²) in [6.45, 7) is 5.86. The van der Waals surface area contributed by atoms with Crippen LogP contribution in [0.5, 0.6) is 0 Å². The minimum Gasteiger partial charge on any atom is -0.442 e. The van der Waals surface area contributed by atoms with Gasteiger partial charge in [0.1, 0.15) is 6.10 Å². The van der Waals surface area contributed by atoms with Crippen molar-refractivity contribution in [3.05, 3.63) is 52.3 Å². The molecule has 1 aromatic heterocycles. The number of ether oxygens (including phenoxy) is 1. The molecule has 3 heterocycles. The Morgan fingerprint density at radius 2 is 1.96 bits per heavy atom. The zero-order chi connectivity index (χ0) is 18.3. The molecule has 0 unspecified atom stereocenters. The summed E-state index contributed by atoms with van der Waals surface area (Å²) in [5.41, 5.74) is 3.00. The molecule has 2 aliphatic heterocycles. The molecule has 2 atom stereocenters. The van der Waals surface area contributed by atoms with Crippen LogP contribution >= 0.6 is 11.6 Å². The van der Waals surface area contributed by atoms with E-state index < -0.39 is 0 Å². The van der Waals surface area contributed by atoms with E-state index in [0.29, 0.717) is 30.6 Å². The van der Waals surface area contributed by atoms with Crippen molar-refractivity contribution in [3.8, 4) is 0 Å². The fourth-order valence-electron chi connectivity index (χ4n) is 3.72. The van der Waals surface area contributed by atoms with Gasteiger partial charge in [0, 0.05) is 29.5 Å². The van der Waals surface area contributed by atoms with Crippen LogP contribution in [0.3, 0.4) is 0 Å². The van der Waals surface area contributed by atoms with E-state index in [1.807, 2.05) is 49.1 Å². The number of anilines is 1. The predicted molar refractivity (Wildman–Crippen MR) is 99.6 cm³/mol. The Hall–Kier alpha value is -2.34. The van der Waals surface area contributed by atoms with Crippen LogP contribution in [0.2, 0.25) is 5.02 Å². The van der Waals surface area contributed by atoms with Crippen molar-refractivity contribution in [1.82, 2.24) is 14.9 Å². The molecular weight excluding hydrogens is 352 g/mol. The zero-order valence-electron chi connectivity index (χ0n) is 14.9. The highest BCUT2D eigenvalue weighted by atomic mass is 35.5. The molecule has 0 N–H and O–H groups in total. The van der Waals surface area contributed by atoms with Gasteiger partial charge in [-0.2, -0.15) is 0 Å². The highest BCUT2D eigenvalue weighted by molar-refractivity contribution is 6.30. The molecule has 1 amide bonds. The molecule has 2 aliphatic rings. The first-order chi connectivity index (χ1) is 12.5. The summed E-state index contributed by atoms with van der Waals surface area (Å²) in [6, 6.07) is 9.73. The molecular formula is C19H21ClN4O2. The number of aromatic nitrogens is 2. The van der Waals surface area contributed by atoms with Gasteiger partial charge < -0.3 is 9.64 Å². The van der Waals surface area contributed by atoms with E-state index in [0.717, 1.165) is 23.4 Å². The maximum atomic E-state index is 12.3. The third-order valence-electron chi connectivity index (χ3n) is 4.91. The van der Waals surface area contributed by atoms with Crippen molar-refractivity contribution in [1.29, 1.82) is 0 Å². The summed E-state index contributed by atoms with van der Waals surface area (Å²) in [6.07, 6.45) is 0.383. The zero-order valence-corrected chi connectivity index (χ0v) is 15.6. The van der Waals surface area contributed by atoms with Crippen molar-refractivity contribution in [2.45, 2.75) is 32.4 Å². The number of carbonyl (C=O) groups excluding carboxylic acids is 1. The third kappa shape index (κ3) is 3.33. The smallest absolute Gasteiger partial charge is 0.410 e. The minimum absolute atomic E-state index is 0.0334. The number of fused-ring (bicyclic) bond motifs is 1. The Balaban J connectivity index is 1.46. The van der Waals surface area contributed by atoms with Crippen molar-refractivity contribution in [2.24, 2.45) is 0 Å². The average Bonchev–Trinajstić information content (AvgIpc) is 3.09. The first-order valence-corrected chi connectivity index (χ1v) is 9.16. The first kappa shape index (κ1) is 17.1. The lowest BCUT2D eigenvalue weighted by atomic mass is 10.1. The Kier molecular flexibility index (Phi) is 4.44. The molecule has 7 heteroatoms. The molecule has 0 radical (unpaired) electrons. The highest BCUT2D eigenvalue weighted by Crippen LogP contribution is 2.29. The largest absolute Gasteiger partial charge is 0.442 e. The molecule has 26 heavy (non-hydrogen) atoms. The van der Waals surface area contributed by atoms with Crippen molar-refractivity contribution in [2.75, 3.05) is 24.5 Å². The lowest BCUT2D eigenvalue weighted by molar-refractivity contribution is 0.136. The fourth-order valence-corrected chi connectivity index (χ4v) is 3.93. The molecule has 0 saturated carbocycles. The van der Waals surface area contributed by atoms with Gasteiger partial charge in [-0.15, -0.1) is 0 Å². The van der Waals surface area contributed by atoms with E-state index in [4.69, 9.17) is 16.3 Å². The number of hydrogen-bond acceptors (Lipinski definition) is 5. The second-order valence-electron chi connectivity index (χ2n) is 6.92. The molecule has 6 nitrogen and oxygen atoms in total. The number of hydrogen-bond donors (Lipinski definition) is 0. The molecule has 1 aromatic carbocycles. The average molecular weight is 373 g/mol. The molecule has 2 fully saturated rings. The van der Waals surface area contributed by atoms with E-state index in [1.54, 1.807) is 0 Å². The molecule has 0 aliphatic carbocycles.